The summed E-state index contributed by atoms with van der Waals surface area (Å²) in [5.41, 5.74) is 5.08. The van der Waals surface area contributed by atoms with E-state index in [4.69, 9.17) is 8.83 Å². The maximum absolute atomic E-state index is 11.4. The lowest BCUT2D eigenvalue weighted by molar-refractivity contribution is 0.175. The fraction of sp³-hybridized carbons (Fsp3) is 0.346. The van der Waals surface area contributed by atoms with Crippen molar-refractivity contribution in [3.8, 4) is 11.3 Å². The Balaban J connectivity index is 0.00000245. The van der Waals surface area contributed by atoms with Crippen molar-refractivity contribution >= 4 is 23.5 Å². The summed E-state index contributed by atoms with van der Waals surface area (Å²) in [5, 5.41) is 0. The number of fused-ring (bicyclic) bond motifs is 1. The van der Waals surface area contributed by atoms with E-state index in [9.17, 15) is 4.79 Å². The van der Waals surface area contributed by atoms with Crippen LogP contribution in [0.1, 0.15) is 48.5 Å². The standard InChI is InChI=1S/C26H28N2O3.ClH/c1-17-21(15-24(30-17)19-6-4-3-5-7-19)16-28(2)22-11-8-18(9-12-22)20-10-13-23-25(14-20)31-26(29)27-23;/h3-7,10,13-15,18,22H,8-9,11-12,16H2,1-2H3,(H,27,29);1H. The smallest absolute Gasteiger partial charge is 0.417 e. The molecule has 32 heavy (non-hydrogen) atoms. The fourth-order valence-corrected chi connectivity index (χ4v) is 4.89. The SMILES string of the molecule is Cc1oc(-c2ccccc2)cc1CN(C)C1CCC(c2ccc3[nH]c(=O)oc3c2)CC1.Cl. The lowest BCUT2D eigenvalue weighted by atomic mass is 9.81. The number of furan rings is 1. The third-order valence-electron chi connectivity index (χ3n) is 6.74. The van der Waals surface area contributed by atoms with Crippen LogP contribution in [-0.4, -0.2) is 23.0 Å². The fourth-order valence-electron chi connectivity index (χ4n) is 4.89. The second-order valence-electron chi connectivity index (χ2n) is 8.75. The van der Waals surface area contributed by atoms with Crippen molar-refractivity contribution in [3.63, 3.8) is 0 Å². The minimum Gasteiger partial charge on any atom is -0.461 e. The monoisotopic (exact) mass is 452 g/mol. The molecule has 0 atom stereocenters. The van der Waals surface area contributed by atoms with E-state index in [0.29, 0.717) is 17.5 Å². The van der Waals surface area contributed by atoms with Gasteiger partial charge in [-0.3, -0.25) is 9.88 Å². The van der Waals surface area contributed by atoms with E-state index < -0.39 is 0 Å². The van der Waals surface area contributed by atoms with Gasteiger partial charge in [-0.25, -0.2) is 4.79 Å². The predicted octanol–water partition coefficient (Wildman–Crippen LogP) is 6.27. The predicted molar refractivity (Wildman–Crippen MR) is 129 cm³/mol. The summed E-state index contributed by atoms with van der Waals surface area (Å²) < 4.78 is 11.3. The van der Waals surface area contributed by atoms with Crippen LogP contribution in [0.25, 0.3) is 22.4 Å². The molecule has 1 saturated carbocycles. The molecular formula is C26H29ClN2O3. The first kappa shape index (κ1) is 22.4. The molecule has 6 heteroatoms. The lowest BCUT2D eigenvalue weighted by Gasteiger charge is -2.34. The average Bonchev–Trinajstić information content (AvgIpc) is 3.35. The number of benzene rings is 2. The molecule has 2 aromatic heterocycles. The molecule has 5 nitrogen and oxygen atoms in total. The van der Waals surface area contributed by atoms with Crippen molar-refractivity contribution in [1.29, 1.82) is 0 Å². The Morgan fingerprint density at radius 1 is 1.00 bits per heavy atom. The van der Waals surface area contributed by atoms with Gasteiger partial charge in [-0.15, -0.1) is 12.4 Å². The van der Waals surface area contributed by atoms with Gasteiger partial charge in [0.25, 0.3) is 0 Å². The van der Waals surface area contributed by atoms with Crippen LogP contribution in [0.5, 0.6) is 0 Å². The second kappa shape index (κ2) is 9.39. The van der Waals surface area contributed by atoms with E-state index in [0.717, 1.165) is 42.0 Å². The Bertz CT molecular complexity index is 1230. The minimum absolute atomic E-state index is 0. The second-order valence-corrected chi connectivity index (χ2v) is 8.75. The number of aromatic amines is 1. The number of hydrogen-bond donors (Lipinski definition) is 1. The molecule has 1 N–H and O–H groups in total. The van der Waals surface area contributed by atoms with Crippen LogP contribution in [0.3, 0.4) is 0 Å². The molecule has 1 fully saturated rings. The molecule has 0 aliphatic heterocycles. The largest absolute Gasteiger partial charge is 0.461 e. The first-order valence-electron chi connectivity index (χ1n) is 11.0. The molecule has 0 unspecified atom stereocenters. The topological polar surface area (TPSA) is 62.4 Å². The molecule has 1 aliphatic rings. The summed E-state index contributed by atoms with van der Waals surface area (Å²) >= 11 is 0. The van der Waals surface area contributed by atoms with E-state index in [1.54, 1.807) is 0 Å². The van der Waals surface area contributed by atoms with Gasteiger partial charge in [0.1, 0.15) is 11.5 Å². The van der Waals surface area contributed by atoms with Gasteiger partial charge in [-0.2, -0.15) is 0 Å². The Hall–Kier alpha value is -2.76. The molecular weight excluding hydrogens is 424 g/mol. The summed E-state index contributed by atoms with van der Waals surface area (Å²) in [6.07, 6.45) is 4.63. The molecule has 2 aromatic carbocycles. The Morgan fingerprint density at radius 3 is 2.50 bits per heavy atom. The summed E-state index contributed by atoms with van der Waals surface area (Å²) in [6, 6.07) is 19.1. The number of H-pyrrole nitrogens is 1. The van der Waals surface area contributed by atoms with Crippen molar-refractivity contribution in [1.82, 2.24) is 9.88 Å². The first-order chi connectivity index (χ1) is 15.1. The number of aromatic nitrogens is 1. The van der Waals surface area contributed by atoms with Crippen molar-refractivity contribution in [3.05, 3.63) is 82.0 Å². The van der Waals surface area contributed by atoms with E-state index >= 15 is 0 Å². The molecule has 0 saturated heterocycles. The summed E-state index contributed by atoms with van der Waals surface area (Å²) in [7, 11) is 2.22. The highest BCUT2D eigenvalue weighted by atomic mass is 35.5. The van der Waals surface area contributed by atoms with E-state index in [1.807, 2.05) is 30.3 Å². The van der Waals surface area contributed by atoms with E-state index in [2.05, 4.69) is 48.1 Å². The highest BCUT2D eigenvalue weighted by molar-refractivity contribution is 5.85. The number of nitrogens with one attached hydrogen (secondary N) is 1. The van der Waals surface area contributed by atoms with Crippen molar-refractivity contribution < 1.29 is 8.83 Å². The maximum Gasteiger partial charge on any atom is 0.417 e. The van der Waals surface area contributed by atoms with Crippen LogP contribution in [0.2, 0.25) is 0 Å². The zero-order valence-electron chi connectivity index (χ0n) is 18.5. The van der Waals surface area contributed by atoms with Crippen LogP contribution >= 0.6 is 12.4 Å². The zero-order chi connectivity index (χ0) is 21.4. The minimum atomic E-state index is -0.387. The van der Waals surface area contributed by atoms with Gasteiger partial charge in [0.2, 0.25) is 0 Å². The molecule has 168 valence electrons. The van der Waals surface area contributed by atoms with Gasteiger partial charge in [0.15, 0.2) is 5.58 Å². The molecule has 1 aliphatic carbocycles. The molecule has 2 heterocycles. The van der Waals surface area contributed by atoms with Gasteiger partial charge in [0, 0.05) is 23.7 Å². The van der Waals surface area contributed by atoms with Gasteiger partial charge < -0.3 is 8.83 Å². The third kappa shape index (κ3) is 4.54. The first-order valence-corrected chi connectivity index (χ1v) is 11.0. The Kier molecular flexibility index (Phi) is 6.58. The van der Waals surface area contributed by atoms with Crippen LogP contribution in [0, 0.1) is 6.92 Å². The highest BCUT2D eigenvalue weighted by Gasteiger charge is 2.26. The lowest BCUT2D eigenvalue weighted by Crippen LogP contribution is -2.34. The average molecular weight is 453 g/mol. The van der Waals surface area contributed by atoms with Crippen molar-refractivity contribution in [2.24, 2.45) is 0 Å². The van der Waals surface area contributed by atoms with Gasteiger partial charge in [-0.1, -0.05) is 36.4 Å². The summed E-state index contributed by atoms with van der Waals surface area (Å²) in [4.78, 5) is 16.6. The summed E-state index contributed by atoms with van der Waals surface area (Å²) in [6.45, 7) is 2.96. The number of nitrogens with zero attached hydrogens (tertiary/aromatic N) is 1. The third-order valence-corrected chi connectivity index (χ3v) is 6.74. The van der Waals surface area contributed by atoms with Crippen molar-refractivity contribution in [2.75, 3.05) is 7.05 Å². The van der Waals surface area contributed by atoms with Crippen molar-refractivity contribution in [2.45, 2.75) is 51.1 Å². The summed E-state index contributed by atoms with van der Waals surface area (Å²) in [5.74, 6) is 2.08. The van der Waals surface area contributed by atoms with Gasteiger partial charge in [-0.05, 0) is 69.3 Å². The number of halogens is 1. The van der Waals surface area contributed by atoms with Gasteiger partial charge >= 0.3 is 5.76 Å². The van der Waals surface area contributed by atoms with Crippen LogP contribution in [-0.2, 0) is 6.54 Å². The van der Waals surface area contributed by atoms with E-state index in [-0.39, 0.29) is 18.2 Å². The maximum atomic E-state index is 11.4. The van der Waals surface area contributed by atoms with Crippen LogP contribution in [0.4, 0.5) is 0 Å². The number of hydrogen-bond acceptors (Lipinski definition) is 4. The number of rotatable bonds is 5. The van der Waals surface area contributed by atoms with Gasteiger partial charge in [0.05, 0.1) is 5.52 Å². The van der Waals surface area contributed by atoms with Crippen LogP contribution in [0.15, 0.2) is 68.2 Å². The Morgan fingerprint density at radius 2 is 1.75 bits per heavy atom. The van der Waals surface area contributed by atoms with Crippen LogP contribution < -0.4 is 5.76 Å². The molecule has 5 rings (SSSR count). The molecule has 4 aromatic rings. The quantitative estimate of drug-likeness (QED) is 0.387. The molecule has 0 spiro atoms. The molecule has 0 bridgehead atoms. The molecule has 0 radical (unpaired) electrons. The molecule has 0 amide bonds. The zero-order valence-corrected chi connectivity index (χ0v) is 19.3. The normalized spacial score (nSPS) is 18.7. The number of aryl methyl sites for hydroxylation is 1. The number of oxazole rings is 1. The highest BCUT2D eigenvalue weighted by Crippen LogP contribution is 2.36. The van der Waals surface area contributed by atoms with E-state index in [1.165, 1.54) is 24.0 Å². The Labute approximate surface area is 193 Å².